The van der Waals surface area contributed by atoms with Gasteiger partial charge in [-0.05, 0) is 56.6 Å². The first-order chi connectivity index (χ1) is 14.5. The van der Waals surface area contributed by atoms with Gasteiger partial charge in [0.25, 0.3) is 0 Å². The molecule has 154 valence electrons. The lowest BCUT2D eigenvalue weighted by atomic mass is 10.0. The molecular formula is C24H23ClN2O3. The van der Waals surface area contributed by atoms with Crippen molar-refractivity contribution in [3.05, 3.63) is 69.2 Å². The van der Waals surface area contributed by atoms with Gasteiger partial charge in [0.15, 0.2) is 5.76 Å². The molecule has 0 amide bonds. The number of halogens is 1. The second-order valence-electron chi connectivity index (χ2n) is 8.15. The Morgan fingerprint density at radius 2 is 2.03 bits per heavy atom. The van der Waals surface area contributed by atoms with E-state index in [0.29, 0.717) is 23.4 Å². The lowest BCUT2D eigenvalue weighted by Crippen LogP contribution is -2.29. The Morgan fingerprint density at radius 3 is 2.83 bits per heavy atom. The summed E-state index contributed by atoms with van der Waals surface area (Å²) < 4.78 is 6.03. The number of carbonyl (C=O) groups excluding carboxylic acids is 1. The third-order valence-electron chi connectivity index (χ3n) is 6.04. The zero-order valence-corrected chi connectivity index (χ0v) is 17.6. The Balaban J connectivity index is 1.49. The molecule has 1 fully saturated rings. The minimum absolute atomic E-state index is 0.000132. The summed E-state index contributed by atoms with van der Waals surface area (Å²) in [5.41, 5.74) is 4.95. The van der Waals surface area contributed by atoms with Crippen molar-refractivity contribution in [2.75, 3.05) is 13.1 Å². The number of ether oxygens (including phenoxy) is 1. The van der Waals surface area contributed by atoms with Gasteiger partial charge in [-0.3, -0.25) is 14.7 Å². The van der Waals surface area contributed by atoms with Gasteiger partial charge >= 0.3 is 0 Å². The van der Waals surface area contributed by atoms with Gasteiger partial charge in [-0.2, -0.15) is 0 Å². The normalized spacial score (nSPS) is 19.6. The van der Waals surface area contributed by atoms with Crippen LogP contribution in [0.2, 0.25) is 5.02 Å². The standard InChI is InChI=1S/C24H23ClN2O3/c1-14-5-7-16-15(6-8-20(16)26-14)11-21-23(29)17-12-19(25)22(28)18(24(17)30-21)13-27-9-3-2-4-10-27/h5-7,11-12,28H,2-4,8-10,13H2,1H3/b21-11-. The molecule has 2 aliphatic heterocycles. The number of carbonyl (C=O) groups is 1. The highest BCUT2D eigenvalue weighted by molar-refractivity contribution is 6.33. The topological polar surface area (TPSA) is 62.7 Å². The van der Waals surface area contributed by atoms with E-state index in [4.69, 9.17) is 16.3 Å². The third-order valence-corrected chi connectivity index (χ3v) is 6.33. The number of nitrogens with zero attached hydrogens (tertiary/aromatic N) is 2. The summed E-state index contributed by atoms with van der Waals surface area (Å²) in [6.45, 7) is 4.42. The van der Waals surface area contributed by atoms with Crippen molar-refractivity contribution in [2.24, 2.45) is 0 Å². The molecule has 0 spiro atoms. The van der Waals surface area contributed by atoms with Gasteiger partial charge in [0, 0.05) is 24.2 Å². The molecule has 1 aliphatic carbocycles. The van der Waals surface area contributed by atoms with E-state index in [-0.39, 0.29) is 22.3 Å². The molecule has 1 aromatic carbocycles. The minimum Gasteiger partial charge on any atom is -0.506 e. The van der Waals surface area contributed by atoms with Gasteiger partial charge in [-0.1, -0.05) is 30.2 Å². The summed E-state index contributed by atoms with van der Waals surface area (Å²) in [6, 6.07) is 5.51. The molecule has 1 aromatic heterocycles. The SMILES string of the molecule is Cc1ccc2c(n1)CC=C2/C=C1\Oc2c(cc(Cl)c(O)c2CN2CCCCC2)C1=O. The van der Waals surface area contributed by atoms with Gasteiger partial charge in [-0.25, -0.2) is 0 Å². The van der Waals surface area contributed by atoms with Crippen molar-refractivity contribution in [3.8, 4) is 11.5 Å². The number of fused-ring (bicyclic) bond motifs is 2. The number of phenols is 1. The summed E-state index contributed by atoms with van der Waals surface area (Å²) in [5.74, 6) is 0.479. The first-order valence-electron chi connectivity index (χ1n) is 10.4. The molecule has 6 heteroatoms. The molecule has 1 saturated heterocycles. The van der Waals surface area contributed by atoms with Crippen LogP contribution in [0.1, 0.15) is 52.1 Å². The number of phenolic OH excluding ortho intramolecular Hbond substituents is 1. The molecule has 1 N–H and O–H groups in total. The predicted molar refractivity (Wildman–Crippen MR) is 116 cm³/mol. The molecule has 0 radical (unpaired) electrons. The monoisotopic (exact) mass is 422 g/mol. The fraction of sp³-hybridized carbons (Fsp3) is 0.333. The van der Waals surface area contributed by atoms with Crippen LogP contribution in [0.25, 0.3) is 5.57 Å². The summed E-state index contributed by atoms with van der Waals surface area (Å²) >= 11 is 6.26. The van der Waals surface area contributed by atoms with Crippen LogP contribution in [0, 0.1) is 6.92 Å². The van der Waals surface area contributed by atoms with Crippen LogP contribution in [-0.2, 0) is 13.0 Å². The molecule has 30 heavy (non-hydrogen) atoms. The quantitative estimate of drug-likeness (QED) is 0.717. The number of pyridine rings is 1. The predicted octanol–water partition coefficient (Wildman–Crippen LogP) is 4.83. The van der Waals surface area contributed by atoms with Crippen LogP contribution in [0.5, 0.6) is 11.5 Å². The van der Waals surface area contributed by atoms with E-state index < -0.39 is 0 Å². The number of hydrogen-bond acceptors (Lipinski definition) is 5. The van der Waals surface area contributed by atoms with E-state index in [1.54, 1.807) is 6.08 Å². The average Bonchev–Trinajstić information content (AvgIpc) is 3.27. The molecule has 0 bridgehead atoms. The van der Waals surface area contributed by atoms with E-state index in [2.05, 4.69) is 16.0 Å². The van der Waals surface area contributed by atoms with E-state index in [1.165, 1.54) is 12.5 Å². The molecule has 3 heterocycles. The first kappa shape index (κ1) is 19.3. The highest BCUT2D eigenvalue weighted by atomic mass is 35.5. The number of ketones is 1. The number of aryl methyl sites for hydroxylation is 1. The number of likely N-dealkylation sites (tertiary alicyclic amines) is 1. The van der Waals surface area contributed by atoms with Crippen LogP contribution in [-0.4, -0.2) is 33.9 Å². The minimum atomic E-state index is -0.207. The van der Waals surface area contributed by atoms with Crippen LogP contribution >= 0.6 is 11.6 Å². The van der Waals surface area contributed by atoms with Gasteiger partial charge in [0.05, 0.1) is 21.8 Å². The largest absolute Gasteiger partial charge is 0.506 e. The summed E-state index contributed by atoms with van der Waals surface area (Å²) in [6.07, 6.45) is 8.07. The Labute approximate surface area is 180 Å². The molecule has 0 atom stereocenters. The summed E-state index contributed by atoms with van der Waals surface area (Å²) in [7, 11) is 0. The van der Waals surface area contributed by atoms with E-state index in [0.717, 1.165) is 54.9 Å². The van der Waals surface area contributed by atoms with Crippen molar-refractivity contribution in [3.63, 3.8) is 0 Å². The summed E-state index contributed by atoms with van der Waals surface area (Å²) in [4.78, 5) is 19.9. The summed E-state index contributed by atoms with van der Waals surface area (Å²) in [5, 5.41) is 10.8. The second-order valence-corrected chi connectivity index (χ2v) is 8.56. The van der Waals surface area contributed by atoms with Crippen molar-refractivity contribution in [2.45, 2.75) is 39.2 Å². The fourth-order valence-corrected chi connectivity index (χ4v) is 4.68. The van der Waals surface area contributed by atoms with Crippen LogP contribution in [0.4, 0.5) is 0 Å². The number of allylic oxidation sites excluding steroid dienone is 4. The maximum Gasteiger partial charge on any atom is 0.232 e. The molecular weight excluding hydrogens is 400 g/mol. The first-order valence-corrected chi connectivity index (χ1v) is 10.8. The molecule has 0 saturated carbocycles. The number of rotatable bonds is 3. The Kier molecular flexibility index (Phi) is 4.88. The van der Waals surface area contributed by atoms with Crippen molar-refractivity contribution in [1.29, 1.82) is 0 Å². The average molecular weight is 423 g/mol. The van der Waals surface area contributed by atoms with E-state index >= 15 is 0 Å². The third kappa shape index (κ3) is 3.32. The maximum atomic E-state index is 13.1. The molecule has 3 aliphatic rings. The highest BCUT2D eigenvalue weighted by Gasteiger charge is 2.34. The second kappa shape index (κ2) is 7.56. The Morgan fingerprint density at radius 1 is 1.23 bits per heavy atom. The number of Topliss-reactive ketones (excluding diaryl/α,β-unsaturated/α-hetero) is 1. The molecule has 0 unspecified atom stereocenters. The number of benzene rings is 1. The molecule has 2 aromatic rings. The zero-order valence-electron chi connectivity index (χ0n) is 16.9. The van der Waals surface area contributed by atoms with Crippen LogP contribution < -0.4 is 4.74 Å². The van der Waals surface area contributed by atoms with Crippen molar-refractivity contribution >= 4 is 23.0 Å². The maximum absolute atomic E-state index is 13.1. The van der Waals surface area contributed by atoms with E-state index in [1.807, 2.05) is 19.1 Å². The Bertz CT molecular complexity index is 1110. The molecule has 5 nitrogen and oxygen atoms in total. The number of aromatic nitrogens is 1. The van der Waals surface area contributed by atoms with Crippen molar-refractivity contribution in [1.82, 2.24) is 9.88 Å². The lowest BCUT2D eigenvalue weighted by Gasteiger charge is -2.27. The number of hydrogen-bond donors (Lipinski definition) is 1. The fourth-order valence-electron chi connectivity index (χ4n) is 4.46. The highest BCUT2D eigenvalue weighted by Crippen LogP contribution is 2.44. The zero-order chi connectivity index (χ0) is 20.8. The Hall–Kier alpha value is -2.63. The smallest absolute Gasteiger partial charge is 0.232 e. The lowest BCUT2D eigenvalue weighted by molar-refractivity contribution is 0.101. The van der Waals surface area contributed by atoms with Gasteiger partial charge in [0.2, 0.25) is 5.78 Å². The van der Waals surface area contributed by atoms with Crippen molar-refractivity contribution < 1.29 is 14.6 Å². The number of aromatic hydroxyl groups is 1. The molecule has 5 rings (SSSR count). The van der Waals surface area contributed by atoms with Gasteiger partial charge in [-0.15, -0.1) is 0 Å². The van der Waals surface area contributed by atoms with Crippen LogP contribution in [0.3, 0.4) is 0 Å². The van der Waals surface area contributed by atoms with Gasteiger partial charge in [0.1, 0.15) is 11.5 Å². The van der Waals surface area contributed by atoms with Crippen LogP contribution in [0.15, 0.2) is 36.1 Å². The number of piperidine rings is 1. The van der Waals surface area contributed by atoms with Gasteiger partial charge < -0.3 is 9.84 Å². The van der Waals surface area contributed by atoms with E-state index in [9.17, 15) is 9.90 Å².